The van der Waals surface area contributed by atoms with Crippen LogP contribution in [0, 0.1) is 0 Å². The number of carbonyl (C=O) groups excluding carboxylic acids is 1. The van der Waals surface area contributed by atoms with E-state index in [2.05, 4.69) is 11.6 Å². The molecule has 0 N–H and O–H groups in total. The van der Waals surface area contributed by atoms with Gasteiger partial charge in [0.15, 0.2) is 0 Å². The molecule has 0 atom stereocenters. The first-order valence-corrected chi connectivity index (χ1v) is 9.93. The first-order chi connectivity index (χ1) is 15.7. The first-order valence-electron chi connectivity index (χ1n) is 9.55. The van der Waals surface area contributed by atoms with Crippen molar-refractivity contribution in [3.63, 3.8) is 0 Å². The fraction of sp³-hybridized carbons (Fsp3) is 0.174. The quantitative estimate of drug-likeness (QED) is 0.151. The zero-order chi connectivity index (χ0) is 25.1. The summed E-state index contributed by atoms with van der Waals surface area (Å²) in [5, 5.41) is -5.83. The van der Waals surface area contributed by atoms with Crippen molar-refractivity contribution in [1.82, 2.24) is 4.40 Å². The van der Waals surface area contributed by atoms with Crippen molar-refractivity contribution >= 4 is 33.7 Å². The van der Waals surface area contributed by atoms with Gasteiger partial charge in [-0.1, -0.05) is 54.6 Å². The number of rotatable bonds is 6. The van der Waals surface area contributed by atoms with Gasteiger partial charge < -0.3 is 4.40 Å². The molecule has 2 aromatic heterocycles. The van der Waals surface area contributed by atoms with E-state index in [1.165, 1.54) is 54.6 Å². The standard InChI is InChI=1S/C23H12ClF8NO/c24-23(31,32)22(29,30)21(27,28)20(25,26)16-12-17(19(34)14-7-2-1-3-8-14)33-11-10-13-6-4-5-9-15(13)18(16)33/h1-12H. The summed E-state index contributed by atoms with van der Waals surface area (Å²) in [6.45, 7) is 0. The van der Waals surface area contributed by atoms with Crippen LogP contribution in [0.25, 0.3) is 16.3 Å². The average Bonchev–Trinajstić information content (AvgIpc) is 3.19. The Morgan fingerprint density at radius 1 is 0.765 bits per heavy atom. The second kappa shape index (κ2) is 7.69. The molecule has 4 aromatic rings. The lowest BCUT2D eigenvalue weighted by Gasteiger charge is -2.34. The van der Waals surface area contributed by atoms with E-state index >= 15 is 8.78 Å². The number of carbonyl (C=O) groups is 1. The Labute approximate surface area is 191 Å². The van der Waals surface area contributed by atoms with Crippen molar-refractivity contribution in [2.45, 2.75) is 23.1 Å². The van der Waals surface area contributed by atoms with Gasteiger partial charge in [-0.05, 0) is 29.1 Å². The highest BCUT2D eigenvalue weighted by atomic mass is 35.5. The number of hydrogen-bond acceptors (Lipinski definition) is 1. The molecule has 4 rings (SSSR count). The highest BCUT2D eigenvalue weighted by molar-refractivity contribution is 6.22. The molecule has 0 amide bonds. The molecule has 0 bridgehead atoms. The number of alkyl halides is 9. The Hall–Kier alpha value is -3.14. The summed E-state index contributed by atoms with van der Waals surface area (Å²) in [6, 6.07) is 14.4. The van der Waals surface area contributed by atoms with Gasteiger partial charge in [-0.25, -0.2) is 0 Å². The molecule has 2 nitrogen and oxygen atoms in total. The molecule has 2 aromatic carbocycles. The van der Waals surface area contributed by atoms with E-state index in [1.807, 2.05) is 0 Å². The minimum atomic E-state index is -6.63. The van der Waals surface area contributed by atoms with Gasteiger partial charge in [0.25, 0.3) is 0 Å². The van der Waals surface area contributed by atoms with E-state index in [4.69, 9.17) is 0 Å². The molecule has 0 fully saturated rings. The third kappa shape index (κ3) is 3.34. The molecular formula is C23H12ClF8NO. The third-order valence-electron chi connectivity index (χ3n) is 5.41. The van der Waals surface area contributed by atoms with Crippen LogP contribution in [0.2, 0.25) is 0 Å². The molecule has 0 unspecified atom stereocenters. The number of benzene rings is 2. The SMILES string of the molecule is O=C(c1ccccc1)c1cc(C(F)(F)C(F)(F)C(F)(F)C(F)(F)Cl)c2c3ccccc3ccn12. The number of hydrogen-bond donors (Lipinski definition) is 0. The van der Waals surface area contributed by atoms with Crippen LogP contribution < -0.4 is 0 Å². The molecule has 2 heterocycles. The molecule has 178 valence electrons. The molecule has 0 radical (unpaired) electrons. The van der Waals surface area contributed by atoms with Crippen LogP contribution in [0.3, 0.4) is 0 Å². The van der Waals surface area contributed by atoms with E-state index in [1.54, 1.807) is 6.07 Å². The van der Waals surface area contributed by atoms with Crippen LogP contribution in [0.15, 0.2) is 72.9 Å². The van der Waals surface area contributed by atoms with Crippen LogP contribution in [-0.2, 0) is 5.92 Å². The second-order valence-electron chi connectivity index (χ2n) is 7.48. The largest absolute Gasteiger partial charge is 0.393 e. The van der Waals surface area contributed by atoms with Crippen molar-refractivity contribution in [2.24, 2.45) is 0 Å². The number of pyridine rings is 1. The second-order valence-corrected chi connectivity index (χ2v) is 7.96. The van der Waals surface area contributed by atoms with Crippen molar-refractivity contribution < 1.29 is 39.9 Å². The van der Waals surface area contributed by atoms with Gasteiger partial charge in [-0.3, -0.25) is 4.79 Å². The molecule has 0 aliphatic carbocycles. The number of aromatic nitrogens is 1. The fourth-order valence-corrected chi connectivity index (χ4v) is 3.78. The number of fused-ring (bicyclic) bond motifs is 3. The van der Waals surface area contributed by atoms with Crippen molar-refractivity contribution in [2.75, 3.05) is 0 Å². The summed E-state index contributed by atoms with van der Waals surface area (Å²) in [6.07, 6.45) is 1.12. The summed E-state index contributed by atoms with van der Waals surface area (Å²) in [4.78, 5) is 13.0. The Balaban J connectivity index is 2.06. The number of ketones is 1. The number of halogens is 9. The van der Waals surface area contributed by atoms with Crippen molar-refractivity contribution in [3.8, 4) is 0 Å². The van der Waals surface area contributed by atoms with Gasteiger partial charge in [-0.15, -0.1) is 0 Å². The third-order valence-corrected chi connectivity index (χ3v) is 5.64. The van der Waals surface area contributed by atoms with Gasteiger partial charge in [0.2, 0.25) is 5.78 Å². The lowest BCUT2D eigenvalue weighted by atomic mass is 9.96. The minimum Gasteiger partial charge on any atom is -0.312 e. The molecule has 11 heteroatoms. The summed E-state index contributed by atoms with van der Waals surface area (Å²) in [5.74, 6) is -20.0. The van der Waals surface area contributed by atoms with E-state index in [0.717, 1.165) is 10.6 Å². The van der Waals surface area contributed by atoms with Crippen LogP contribution in [0.4, 0.5) is 35.1 Å². The lowest BCUT2D eigenvalue weighted by Crippen LogP contribution is -2.59. The van der Waals surface area contributed by atoms with Gasteiger partial charge in [0.1, 0.15) is 0 Å². The highest BCUT2D eigenvalue weighted by Gasteiger charge is 2.81. The van der Waals surface area contributed by atoms with E-state index in [9.17, 15) is 31.1 Å². The van der Waals surface area contributed by atoms with Crippen LogP contribution in [0.5, 0.6) is 0 Å². The van der Waals surface area contributed by atoms with Crippen LogP contribution >= 0.6 is 11.6 Å². The summed E-state index contributed by atoms with van der Waals surface area (Å²) in [5.41, 5.74) is -3.00. The molecule has 0 aliphatic heterocycles. The van der Waals surface area contributed by atoms with Crippen molar-refractivity contribution in [3.05, 3.63) is 89.7 Å². The Morgan fingerprint density at radius 3 is 1.97 bits per heavy atom. The predicted octanol–water partition coefficient (Wildman–Crippen LogP) is 7.52. The summed E-state index contributed by atoms with van der Waals surface area (Å²) in [7, 11) is 0. The topological polar surface area (TPSA) is 21.5 Å². The fourth-order valence-electron chi connectivity index (χ4n) is 3.66. The van der Waals surface area contributed by atoms with Crippen LogP contribution in [-0.4, -0.2) is 27.4 Å². The van der Waals surface area contributed by atoms with Crippen molar-refractivity contribution in [1.29, 1.82) is 0 Å². The first kappa shape index (κ1) is 24.0. The average molecular weight is 506 g/mol. The monoisotopic (exact) mass is 505 g/mol. The Bertz CT molecular complexity index is 1390. The molecule has 0 aliphatic rings. The van der Waals surface area contributed by atoms with E-state index < -0.39 is 45.7 Å². The number of nitrogens with zero attached hydrogens (tertiary/aromatic N) is 1. The van der Waals surface area contributed by atoms with E-state index in [0.29, 0.717) is 6.07 Å². The maximum Gasteiger partial charge on any atom is 0.393 e. The molecule has 34 heavy (non-hydrogen) atoms. The zero-order valence-electron chi connectivity index (χ0n) is 16.7. The predicted molar refractivity (Wildman–Crippen MR) is 109 cm³/mol. The molecular weight excluding hydrogens is 494 g/mol. The van der Waals surface area contributed by atoms with Gasteiger partial charge in [-0.2, -0.15) is 35.1 Å². The lowest BCUT2D eigenvalue weighted by molar-refractivity contribution is -0.352. The Kier molecular flexibility index (Phi) is 5.43. The van der Waals surface area contributed by atoms with Gasteiger partial charge >= 0.3 is 23.1 Å². The summed E-state index contributed by atoms with van der Waals surface area (Å²) < 4.78 is 114. The molecule has 0 saturated carbocycles. The van der Waals surface area contributed by atoms with E-state index in [-0.39, 0.29) is 16.3 Å². The maximum atomic E-state index is 15.2. The maximum absolute atomic E-state index is 15.2. The van der Waals surface area contributed by atoms with Crippen LogP contribution in [0.1, 0.15) is 21.6 Å². The smallest absolute Gasteiger partial charge is 0.312 e. The minimum absolute atomic E-state index is 0.00527. The normalized spacial score (nSPS) is 13.6. The Morgan fingerprint density at radius 2 is 1.35 bits per heavy atom. The van der Waals surface area contributed by atoms with Gasteiger partial charge in [0, 0.05) is 17.1 Å². The summed E-state index contributed by atoms with van der Waals surface area (Å²) >= 11 is 4.10. The zero-order valence-corrected chi connectivity index (χ0v) is 17.4. The highest BCUT2D eigenvalue weighted by Crippen LogP contribution is 2.58. The van der Waals surface area contributed by atoms with Gasteiger partial charge in [0.05, 0.1) is 16.8 Å². The molecule has 0 spiro atoms. The molecule has 0 saturated heterocycles.